The average molecular weight is 277 g/mol. The van der Waals surface area contributed by atoms with E-state index in [1.54, 1.807) is 12.3 Å². The molecule has 2 rings (SSSR count). The van der Waals surface area contributed by atoms with E-state index in [4.69, 9.17) is 4.74 Å². The normalized spacial score (nSPS) is 19.0. The van der Waals surface area contributed by atoms with Crippen LogP contribution in [0.25, 0.3) is 0 Å². The Kier molecular flexibility index (Phi) is 5.80. The quantitative estimate of drug-likeness (QED) is 0.613. The van der Waals surface area contributed by atoms with Crippen molar-refractivity contribution >= 4 is 5.91 Å². The zero-order chi connectivity index (χ0) is 14.2. The summed E-state index contributed by atoms with van der Waals surface area (Å²) in [7, 11) is 0. The summed E-state index contributed by atoms with van der Waals surface area (Å²) >= 11 is 0. The number of hydrogen-bond donors (Lipinski definition) is 1. The maximum Gasteiger partial charge on any atom is 0.222 e. The summed E-state index contributed by atoms with van der Waals surface area (Å²) in [6, 6.07) is 2.00. The molecule has 20 heavy (non-hydrogen) atoms. The van der Waals surface area contributed by atoms with Crippen molar-refractivity contribution in [2.24, 2.45) is 0 Å². The second kappa shape index (κ2) is 7.85. The van der Waals surface area contributed by atoms with Crippen LogP contribution in [0.4, 0.5) is 0 Å². The Morgan fingerprint density at radius 3 is 3.30 bits per heavy atom. The van der Waals surface area contributed by atoms with Gasteiger partial charge in [-0.1, -0.05) is 6.08 Å². The number of carbonyl (C=O) groups excluding carboxylic acids is 1. The van der Waals surface area contributed by atoms with Gasteiger partial charge in [0.05, 0.1) is 6.61 Å². The lowest BCUT2D eigenvalue weighted by molar-refractivity contribution is -0.132. The SMILES string of the molecule is C=CCOCCCC(=O)N1CCC[C@H](c2ccn[nH]2)C1. The number of piperidine rings is 1. The summed E-state index contributed by atoms with van der Waals surface area (Å²) in [6.45, 7) is 6.44. The van der Waals surface area contributed by atoms with E-state index in [9.17, 15) is 4.79 Å². The predicted molar refractivity (Wildman–Crippen MR) is 77.4 cm³/mol. The summed E-state index contributed by atoms with van der Waals surface area (Å²) in [5.41, 5.74) is 1.14. The van der Waals surface area contributed by atoms with E-state index in [0.29, 0.717) is 25.6 Å². The number of carbonyl (C=O) groups is 1. The molecule has 5 nitrogen and oxygen atoms in total. The maximum absolute atomic E-state index is 12.2. The third-order valence-corrected chi connectivity index (χ3v) is 3.65. The molecule has 0 aliphatic carbocycles. The van der Waals surface area contributed by atoms with Crippen LogP contribution in [0.2, 0.25) is 0 Å². The minimum atomic E-state index is 0.233. The number of aromatic amines is 1. The number of ether oxygens (including phenoxy) is 1. The Labute approximate surface area is 120 Å². The molecule has 0 radical (unpaired) electrons. The van der Waals surface area contributed by atoms with Crippen molar-refractivity contribution in [3.05, 3.63) is 30.6 Å². The number of rotatable bonds is 7. The lowest BCUT2D eigenvalue weighted by Gasteiger charge is -2.32. The number of H-pyrrole nitrogens is 1. The molecular formula is C15H23N3O2. The summed E-state index contributed by atoms with van der Waals surface area (Å²) in [5.74, 6) is 0.628. The van der Waals surface area contributed by atoms with Crippen molar-refractivity contribution < 1.29 is 9.53 Å². The Bertz CT molecular complexity index is 417. The monoisotopic (exact) mass is 277 g/mol. The van der Waals surface area contributed by atoms with Gasteiger partial charge in [-0.3, -0.25) is 9.89 Å². The average Bonchev–Trinajstić information content (AvgIpc) is 3.01. The van der Waals surface area contributed by atoms with Crippen LogP contribution in [0.5, 0.6) is 0 Å². The molecule has 0 aromatic carbocycles. The fourth-order valence-electron chi connectivity index (χ4n) is 2.60. The topological polar surface area (TPSA) is 58.2 Å². The lowest BCUT2D eigenvalue weighted by atomic mass is 9.94. The number of amides is 1. The molecule has 110 valence electrons. The number of aromatic nitrogens is 2. The van der Waals surface area contributed by atoms with Crippen LogP contribution in [0.3, 0.4) is 0 Å². The Morgan fingerprint density at radius 1 is 1.65 bits per heavy atom. The number of nitrogens with one attached hydrogen (secondary N) is 1. The molecule has 1 aliphatic heterocycles. The van der Waals surface area contributed by atoms with Gasteiger partial charge in [-0.15, -0.1) is 6.58 Å². The summed E-state index contributed by atoms with van der Waals surface area (Å²) < 4.78 is 5.30. The summed E-state index contributed by atoms with van der Waals surface area (Å²) in [5, 5.41) is 7.01. The molecule has 0 bridgehead atoms. The second-order valence-corrected chi connectivity index (χ2v) is 5.16. The Morgan fingerprint density at radius 2 is 2.55 bits per heavy atom. The van der Waals surface area contributed by atoms with E-state index in [1.165, 1.54) is 0 Å². The van der Waals surface area contributed by atoms with E-state index >= 15 is 0 Å². The van der Waals surface area contributed by atoms with Crippen molar-refractivity contribution in [2.45, 2.75) is 31.6 Å². The Hall–Kier alpha value is -1.62. The first-order valence-electron chi connectivity index (χ1n) is 7.27. The van der Waals surface area contributed by atoms with Gasteiger partial charge in [-0.2, -0.15) is 5.10 Å². The van der Waals surface area contributed by atoms with Crippen molar-refractivity contribution in [3.63, 3.8) is 0 Å². The molecule has 1 aromatic rings. The van der Waals surface area contributed by atoms with E-state index in [1.807, 2.05) is 11.0 Å². The van der Waals surface area contributed by atoms with Gasteiger partial charge < -0.3 is 9.64 Å². The van der Waals surface area contributed by atoms with Gasteiger partial charge in [0.2, 0.25) is 5.91 Å². The van der Waals surface area contributed by atoms with Crippen LogP contribution in [-0.4, -0.2) is 47.3 Å². The largest absolute Gasteiger partial charge is 0.377 e. The number of nitrogens with zero attached hydrogens (tertiary/aromatic N) is 2. The molecule has 1 aliphatic rings. The van der Waals surface area contributed by atoms with E-state index in [0.717, 1.165) is 38.0 Å². The fraction of sp³-hybridized carbons (Fsp3) is 0.600. The van der Waals surface area contributed by atoms with Gasteiger partial charge in [0, 0.05) is 43.9 Å². The fourth-order valence-corrected chi connectivity index (χ4v) is 2.60. The highest BCUT2D eigenvalue weighted by atomic mass is 16.5. The van der Waals surface area contributed by atoms with Crippen molar-refractivity contribution in [1.29, 1.82) is 0 Å². The minimum Gasteiger partial charge on any atom is -0.377 e. The second-order valence-electron chi connectivity index (χ2n) is 5.16. The standard InChI is InChI=1S/C15H23N3O2/c1-2-10-20-11-4-6-15(19)18-9-3-5-13(12-18)14-7-8-16-17-14/h2,7-8,13H,1,3-6,9-12H2,(H,16,17)/t13-/m0/s1. The summed E-state index contributed by atoms with van der Waals surface area (Å²) in [6.07, 6.45) is 7.01. The third-order valence-electron chi connectivity index (χ3n) is 3.65. The van der Waals surface area contributed by atoms with Gasteiger partial charge in [0.1, 0.15) is 0 Å². The van der Waals surface area contributed by atoms with Crippen molar-refractivity contribution in [2.75, 3.05) is 26.3 Å². The molecule has 0 unspecified atom stereocenters. The first-order valence-corrected chi connectivity index (χ1v) is 7.27. The van der Waals surface area contributed by atoms with Crippen LogP contribution >= 0.6 is 0 Å². The molecular weight excluding hydrogens is 254 g/mol. The van der Waals surface area contributed by atoms with Gasteiger partial charge >= 0.3 is 0 Å². The molecule has 1 atom stereocenters. The molecule has 0 saturated carbocycles. The zero-order valence-electron chi connectivity index (χ0n) is 11.9. The Balaban J connectivity index is 1.74. The van der Waals surface area contributed by atoms with Gasteiger partial charge in [0.15, 0.2) is 0 Å². The highest BCUT2D eigenvalue weighted by Gasteiger charge is 2.24. The number of likely N-dealkylation sites (tertiary alicyclic amines) is 1. The first kappa shape index (κ1) is 14.8. The zero-order valence-corrected chi connectivity index (χ0v) is 11.9. The first-order chi connectivity index (χ1) is 9.81. The molecule has 5 heteroatoms. The molecule has 1 aromatic heterocycles. The van der Waals surface area contributed by atoms with Crippen LogP contribution in [-0.2, 0) is 9.53 Å². The molecule has 1 saturated heterocycles. The lowest BCUT2D eigenvalue weighted by Crippen LogP contribution is -2.39. The van der Waals surface area contributed by atoms with Gasteiger partial charge in [-0.05, 0) is 25.3 Å². The van der Waals surface area contributed by atoms with E-state index < -0.39 is 0 Å². The smallest absolute Gasteiger partial charge is 0.222 e. The van der Waals surface area contributed by atoms with Crippen LogP contribution < -0.4 is 0 Å². The number of hydrogen-bond acceptors (Lipinski definition) is 3. The van der Waals surface area contributed by atoms with Crippen molar-refractivity contribution in [3.8, 4) is 0 Å². The molecule has 0 spiro atoms. The highest BCUT2D eigenvalue weighted by Crippen LogP contribution is 2.25. The predicted octanol–water partition coefficient (Wildman–Crippen LogP) is 2.10. The van der Waals surface area contributed by atoms with Crippen LogP contribution in [0.15, 0.2) is 24.9 Å². The summed E-state index contributed by atoms with van der Waals surface area (Å²) in [4.78, 5) is 14.1. The molecule has 1 amide bonds. The maximum atomic E-state index is 12.2. The highest BCUT2D eigenvalue weighted by molar-refractivity contribution is 5.76. The molecule has 1 N–H and O–H groups in total. The molecule has 2 heterocycles. The third kappa shape index (κ3) is 4.20. The molecule has 1 fully saturated rings. The van der Waals surface area contributed by atoms with Gasteiger partial charge in [-0.25, -0.2) is 0 Å². The van der Waals surface area contributed by atoms with E-state index in [-0.39, 0.29) is 5.91 Å². The van der Waals surface area contributed by atoms with Crippen LogP contribution in [0, 0.1) is 0 Å². The van der Waals surface area contributed by atoms with Gasteiger partial charge in [0.25, 0.3) is 0 Å². The van der Waals surface area contributed by atoms with E-state index in [2.05, 4.69) is 16.8 Å². The van der Waals surface area contributed by atoms with Crippen molar-refractivity contribution in [1.82, 2.24) is 15.1 Å². The van der Waals surface area contributed by atoms with Crippen LogP contribution in [0.1, 0.15) is 37.3 Å². The minimum absolute atomic E-state index is 0.233.